The second-order valence-electron chi connectivity index (χ2n) is 7.80. The molecular formula is C24H24F3N5S. The maximum absolute atomic E-state index is 12.7. The number of hydrogen-bond donors (Lipinski definition) is 3. The number of aromatic nitrogens is 2. The highest BCUT2D eigenvalue weighted by Crippen LogP contribution is 2.35. The summed E-state index contributed by atoms with van der Waals surface area (Å²) in [6.07, 6.45) is -0.257. The average Bonchev–Trinajstić information content (AvgIpc) is 3.20. The van der Waals surface area contributed by atoms with Crippen LogP contribution in [0.1, 0.15) is 16.8 Å². The smallest absolute Gasteiger partial charge is 0.360 e. The van der Waals surface area contributed by atoms with Gasteiger partial charge < -0.3 is 16.4 Å². The molecule has 33 heavy (non-hydrogen) atoms. The van der Waals surface area contributed by atoms with Gasteiger partial charge in [0.15, 0.2) is 5.13 Å². The van der Waals surface area contributed by atoms with Gasteiger partial charge >= 0.3 is 6.18 Å². The highest BCUT2D eigenvalue weighted by atomic mass is 32.1. The number of hydrogen-bond acceptors (Lipinski definition) is 6. The summed E-state index contributed by atoms with van der Waals surface area (Å²) in [7, 11) is 1.88. The van der Waals surface area contributed by atoms with Crippen molar-refractivity contribution in [1.82, 2.24) is 15.3 Å². The van der Waals surface area contributed by atoms with Crippen molar-refractivity contribution in [1.29, 1.82) is 0 Å². The van der Waals surface area contributed by atoms with Gasteiger partial charge in [-0.05, 0) is 54.2 Å². The molecule has 4 aromatic rings. The number of rotatable bonds is 8. The molecular weight excluding hydrogens is 447 g/mol. The van der Waals surface area contributed by atoms with Gasteiger partial charge in [0, 0.05) is 36.9 Å². The van der Waals surface area contributed by atoms with E-state index in [0.717, 1.165) is 49.7 Å². The van der Waals surface area contributed by atoms with Crippen LogP contribution < -0.4 is 16.4 Å². The topological polar surface area (TPSA) is 75.9 Å². The number of nitrogens with one attached hydrogen (secondary N) is 2. The van der Waals surface area contributed by atoms with Crippen molar-refractivity contribution in [2.24, 2.45) is 5.73 Å². The summed E-state index contributed by atoms with van der Waals surface area (Å²) in [5.41, 5.74) is 8.36. The molecule has 4 N–H and O–H groups in total. The molecule has 0 bridgehead atoms. The van der Waals surface area contributed by atoms with E-state index in [1.165, 1.54) is 12.1 Å². The van der Waals surface area contributed by atoms with Crippen LogP contribution in [0.15, 0.2) is 60.9 Å². The van der Waals surface area contributed by atoms with Gasteiger partial charge in [-0.25, -0.2) is 4.98 Å². The van der Waals surface area contributed by atoms with E-state index in [1.807, 2.05) is 25.4 Å². The van der Waals surface area contributed by atoms with E-state index in [9.17, 15) is 13.2 Å². The van der Waals surface area contributed by atoms with Crippen LogP contribution in [-0.2, 0) is 19.1 Å². The van der Waals surface area contributed by atoms with Crippen molar-refractivity contribution in [2.75, 3.05) is 18.9 Å². The Morgan fingerprint density at radius 1 is 1.06 bits per heavy atom. The van der Waals surface area contributed by atoms with Crippen LogP contribution in [0, 0.1) is 0 Å². The zero-order chi connectivity index (χ0) is 23.4. The van der Waals surface area contributed by atoms with Crippen LogP contribution in [0.25, 0.3) is 21.2 Å². The van der Waals surface area contributed by atoms with Gasteiger partial charge in [-0.3, -0.25) is 4.98 Å². The van der Waals surface area contributed by atoms with E-state index >= 15 is 0 Å². The first-order chi connectivity index (χ1) is 15.8. The van der Waals surface area contributed by atoms with Gasteiger partial charge in [-0.2, -0.15) is 13.2 Å². The van der Waals surface area contributed by atoms with Crippen LogP contribution >= 0.6 is 11.3 Å². The van der Waals surface area contributed by atoms with Crippen LogP contribution in [0.3, 0.4) is 0 Å². The molecule has 2 aromatic heterocycles. The quantitative estimate of drug-likeness (QED) is 0.334. The maximum Gasteiger partial charge on any atom is 0.416 e. The highest BCUT2D eigenvalue weighted by Gasteiger charge is 2.29. The van der Waals surface area contributed by atoms with Gasteiger partial charge in [0.2, 0.25) is 0 Å². The third-order valence-electron chi connectivity index (χ3n) is 5.24. The molecule has 0 radical (unpaired) electrons. The fourth-order valence-corrected chi connectivity index (χ4v) is 4.57. The average molecular weight is 472 g/mol. The van der Waals surface area contributed by atoms with Crippen molar-refractivity contribution < 1.29 is 13.2 Å². The third-order valence-corrected chi connectivity index (χ3v) is 6.34. The molecule has 5 nitrogen and oxygen atoms in total. The Morgan fingerprint density at radius 2 is 1.85 bits per heavy atom. The molecule has 172 valence electrons. The molecule has 0 saturated heterocycles. The predicted molar refractivity (Wildman–Crippen MR) is 127 cm³/mol. The van der Waals surface area contributed by atoms with E-state index in [-0.39, 0.29) is 6.04 Å². The normalized spacial score (nSPS) is 12.8. The molecule has 0 aliphatic carbocycles. The lowest BCUT2D eigenvalue weighted by molar-refractivity contribution is -0.137. The number of pyridine rings is 1. The Kier molecular flexibility index (Phi) is 6.92. The molecule has 0 amide bonds. The summed E-state index contributed by atoms with van der Waals surface area (Å²) >= 11 is 1.56. The number of benzene rings is 2. The zero-order valence-electron chi connectivity index (χ0n) is 18.0. The number of thiazole rings is 1. The molecule has 0 saturated carbocycles. The molecule has 0 aliphatic heterocycles. The Bertz CT molecular complexity index is 1220. The van der Waals surface area contributed by atoms with E-state index in [1.54, 1.807) is 17.5 Å². The third kappa shape index (κ3) is 5.68. The minimum atomic E-state index is -4.34. The fraction of sp³-hybridized carbons (Fsp3) is 0.250. The first-order valence-electron chi connectivity index (χ1n) is 10.5. The minimum Gasteiger partial charge on any atom is -0.360 e. The molecule has 0 fully saturated rings. The standard InChI is InChI=1S/C24H24F3N5S/c1-29-14-21-22(17-4-5-18-12-30-9-8-16(18)11-17)33-23(32-21)31-13-20(28)10-15-2-6-19(7-3-15)24(25,26)27/h2-9,11-12,20,29H,10,13-14,28H2,1H3,(H,31,32). The molecule has 0 aliphatic rings. The molecule has 1 unspecified atom stereocenters. The molecule has 4 rings (SSSR count). The number of nitrogens with two attached hydrogens (primary N) is 1. The van der Waals surface area contributed by atoms with E-state index in [4.69, 9.17) is 10.7 Å². The fourth-order valence-electron chi connectivity index (χ4n) is 3.59. The summed E-state index contributed by atoms with van der Waals surface area (Å²) in [5.74, 6) is 0. The first kappa shape index (κ1) is 23.2. The Balaban J connectivity index is 1.44. The van der Waals surface area contributed by atoms with Crippen LogP contribution in [-0.4, -0.2) is 29.6 Å². The molecule has 1 atom stereocenters. The number of nitrogens with zero attached hydrogens (tertiary/aromatic N) is 2. The van der Waals surface area contributed by atoms with E-state index in [0.29, 0.717) is 19.5 Å². The lowest BCUT2D eigenvalue weighted by Gasteiger charge is -2.13. The summed E-state index contributed by atoms with van der Waals surface area (Å²) in [6.45, 7) is 1.08. The molecule has 0 spiro atoms. The van der Waals surface area contributed by atoms with E-state index in [2.05, 4.69) is 27.8 Å². The minimum absolute atomic E-state index is 0.269. The van der Waals surface area contributed by atoms with Crippen LogP contribution in [0.2, 0.25) is 0 Å². The summed E-state index contributed by atoms with van der Waals surface area (Å²) in [6, 6.07) is 13.1. The van der Waals surface area contributed by atoms with Crippen molar-refractivity contribution in [3.63, 3.8) is 0 Å². The van der Waals surface area contributed by atoms with Gasteiger partial charge in [-0.1, -0.05) is 35.6 Å². The largest absolute Gasteiger partial charge is 0.416 e. The summed E-state index contributed by atoms with van der Waals surface area (Å²) < 4.78 is 38.2. The lowest BCUT2D eigenvalue weighted by atomic mass is 10.0. The molecule has 9 heteroatoms. The van der Waals surface area contributed by atoms with Crippen molar-refractivity contribution in [3.05, 3.63) is 77.7 Å². The highest BCUT2D eigenvalue weighted by molar-refractivity contribution is 7.19. The number of anilines is 1. The van der Waals surface area contributed by atoms with Gasteiger partial charge in [0.05, 0.1) is 16.1 Å². The van der Waals surface area contributed by atoms with Crippen molar-refractivity contribution in [3.8, 4) is 10.4 Å². The number of alkyl halides is 3. The Labute approximate surface area is 193 Å². The second-order valence-corrected chi connectivity index (χ2v) is 8.80. The van der Waals surface area contributed by atoms with Crippen molar-refractivity contribution in [2.45, 2.75) is 25.2 Å². The van der Waals surface area contributed by atoms with Crippen LogP contribution in [0.5, 0.6) is 0 Å². The van der Waals surface area contributed by atoms with Crippen LogP contribution in [0.4, 0.5) is 18.3 Å². The van der Waals surface area contributed by atoms with Crippen molar-refractivity contribution >= 4 is 27.2 Å². The first-order valence-corrected chi connectivity index (χ1v) is 11.3. The number of halogens is 3. The molecule has 2 heterocycles. The lowest BCUT2D eigenvalue weighted by Crippen LogP contribution is -2.31. The Hall–Kier alpha value is -3.01. The monoisotopic (exact) mass is 471 g/mol. The van der Waals surface area contributed by atoms with Gasteiger partial charge in [0.25, 0.3) is 0 Å². The predicted octanol–water partition coefficient (Wildman–Crippen LogP) is 5.08. The number of fused-ring (bicyclic) bond motifs is 1. The second kappa shape index (κ2) is 9.86. The van der Waals surface area contributed by atoms with E-state index < -0.39 is 11.7 Å². The molecule has 2 aromatic carbocycles. The summed E-state index contributed by atoms with van der Waals surface area (Å²) in [4.78, 5) is 9.96. The maximum atomic E-state index is 12.7. The van der Waals surface area contributed by atoms with Gasteiger partial charge in [0.1, 0.15) is 0 Å². The SMILES string of the molecule is CNCc1nc(NCC(N)Cc2ccc(C(F)(F)F)cc2)sc1-c1ccc2cnccc2c1. The summed E-state index contributed by atoms with van der Waals surface area (Å²) in [5, 5.41) is 9.40. The zero-order valence-corrected chi connectivity index (χ0v) is 18.8. The van der Waals surface area contributed by atoms with Gasteiger partial charge in [-0.15, -0.1) is 0 Å². The Morgan fingerprint density at radius 3 is 2.58 bits per heavy atom.